The Labute approximate surface area is 251 Å². The summed E-state index contributed by atoms with van der Waals surface area (Å²) in [7, 11) is 1.87. The number of hydrogen-bond donors (Lipinski definition) is 0. The molecule has 0 spiro atoms. The van der Waals surface area contributed by atoms with Crippen LogP contribution in [-0.4, -0.2) is 60.6 Å². The number of amides is 1. The minimum absolute atomic E-state index is 0.140. The van der Waals surface area contributed by atoms with Gasteiger partial charge in [-0.05, 0) is 45.0 Å². The van der Waals surface area contributed by atoms with Crippen LogP contribution in [-0.2, 0) is 11.8 Å². The summed E-state index contributed by atoms with van der Waals surface area (Å²) >= 11 is 7.05. The Bertz CT molecular complexity index is 2090. The molecule has 0 radical (unpaired) electrons. The first-order valence-electron chi connectivity index (χ1n) is 14.1. The molecule has 43 heavy (non-hydrogen) atoms. The van der Waals surface area contributed by atoms with Crippen molar-refractivity contribution in [2.24, 2.45) is 7.05 Å². The number of pyridine rings is 2. The van der Waals surface area contributed by atoms with E-state index in [4.69, 9.17) is 16.6 Å². The van der Waals surface area contributed by atoms with E-state index in [-0.39, 0.29) is 11.9 Å². The van der Waals surface area contributed by atoms with Crippen molar-refractivity contribution in [3.05, 3.63) is 81.9 Å². The number of aromatic nitrogens is 6. The maximum atomic E-state index is 15.4. The molecule has 7 rings (SSSR count). The van der Waals surface area contributed by atoms with Crippen LogP contribution >= 0.6 is 11.6 Å². The average molecular weight is 600 g/mol. The number of carbonyl (C=O) groups is 1. The standard InChI is InChI=1S/C31H29ClFN8O2/c1-6-23(42)38-11-12-39(16(2)14-38)28-20-13-21(32)27(19-9-7-8-10-22(19)33)40-18(4)25-26(41(30(20)40)31(43)36-28)17(3)24-29(35-25)37(5)15-34-24/h6-10,13,15-16,18H,1,11-12,14H2,2-5H3/q+1/t16-,18?/m0/s1. The first-order valence-corrected chi connectivity index (χ1v) is 14.5. The molecule has 0 saturated carbocycles. The molecule has 0 N–H and O–H groups in total. The Morgan fingerprint density at radius 2 is 1.98 bits per heavy atom. The molecular weight excluding hydrogens is 571 g/mol. The molecule has 4 aromatic heterocycles. The molecule has 2 aliphatic rings. The molecule has 1 fully saturated rings. The van der Waals surface area contributed by atoms with Crippen molar-refractivity contribution in [3.8, 4) is 16.9 Å². The molecule has 1 aromatic carbocycles. The minimum Gasteiger partial charge on any atom is -0.349 e. The molecule has 2 atom stereocenters. The average Bonchev–Trinajstić information content (AvgIpc) is 3.37. The van der Waals surface area contributed by atoms with Crippen LogP contribution in [0.4, 0.5) is 10.2 Å². The van der Waals surface area contributed by atoms with E-state index < -0.39 is 17.5 Å². The van der Waals surface area contributed by atoms with Crippen LogP contribution < -0.4 is 15.2 Å². The Balaban J connectivity index is 1.58. The van der Waals surface area contributed by atoms with Crippen molar-refractivity contribution in [1.82, 2.24) is 29.0 Å². The number of benzene rings is 1. The van der Waals surface area contributed by atoms with Crippen molar-refractivity contribution >= 4 is 45.5 Å². The van der Waals surface area contributed by atoms with Crippen molar-refractivity contribution in [3.63, 3.8) is 0 Å². The fourth-order valence-electron chi connectivity index (χ4n) is 6.59. The maximum absolute atomic E-state index is 15.4. The zero-order chi connectivity index (χ0) is 30.3. The fraction of sp³-hybridized carbons (Fsp3) is 0.290. The van der Waals surface area contributed by atoms with Gasteiger partial charge in [-0.3, -0.25) is 4.79 Å². The van der Waals surface area contributed by atoms with Crippen molar-refractivity contribution < 1.29 is 13.8 Å². The van der Waals surface area contributed by atoms with Gasteiger partial charge in [-0.15, -0.1) is 4.57 Å². The number of aryl methyl sites for hydroxylation is 2. The lowest BCUT2D eigenvalue weighted by atomic mass is 10.0. The first kappa shape index (κ1) is 27.2. The molecule has 218 valence electrons. The second-order valence-electron chi connectivity index (χ2n) is 11.2. The van der Waals surface area contributed by atoms with Gasteiger partial charge in [-0.1, -0.05) is 30.3 Å². The van der Waals surface area contributed by atoms with Crippen LogP contribution in [0.5, 0.6) is 0 Å². The summed E-state index contributed by atoms with van der Waals surface area (Å²) < 4.78 is 20.7. The highest BCUT2D eigenvalue weighted by Crippen LogP contribution is 2.40. The van der Waals surface area contributed by atoms with E-state index >= 15 is 4.39 Å². The lowest BCUT2D eigenvalue weighted by Gasteiger charge is -2.40. The molecule has 0 bridgehead atoms. The van der Waals surface area contributed by atoms with Gasteiger partial charge in [-0.25, -0.2) is 23.7 Å². The summed E-state index contributed by atoms with van der Waals surface area (Å²) in [5, 5.41) is 0.950. The third-order valence-corrected chi connectivity index (χ3v) is 8.95. The fourth-order valence-corrected chi connectivity index (χ4v) is 6.89. The van der Waals surface area contributed by atoms with Crippen LogP contribution in [0.1, 0.15) is 31.1 Å². The van der Waals surface area contributed by atoms with Gasteiger partial charge in [0, 0.05) is 38.3 Å². The predicted octanol–water partition coefficient (Wildman–Crippen LogP) is 3.87. The minimum atomic E-state index is -0.497. The Morgan fingerprint density at radius 1 is 1.21 bits per heavy atom. The molecule has 5 aromatic rings. The van der Waals surface area contributed by atoms with Gasteiger partial charge in [0.05, 0.1) is 16.9 Å². The summed E-state index contributed by atoms with van der Waals surface area (Å²) in [5.41, 5.74) is 4.20. The van der Waals surface area contributed by atoms with Gasteiger partial charge in [0.1, 0.15) is 28.5 Å². The van der Waals surface area contributed by atoms with Crippen LogP contribution in [0, 0.1) is 12.7 Å². The zero-order valence-corrected chi connectivity index (χ0v) is 24.9. The molecule has 2 aliphatic heterocycles. The SMILES string of the molecule is C=CC(=O)N1CCN(c2nc(=O)n3c4c2cc(Cl)c(-c2ccccc2F)[n+]4C(C)c2nc4c(ncn4C)c(C)c2-3)[C@@H](C)C1. The van der Waals surface area contributed by atoms with Crippen molar-refractivity contribution in [1.29, 1.82) is 0 Å². The molecular formula is C31H29ClFN8O2+. The third-order valence-electron chi connectivity index (χ3n) is 8.66. The molecule has 6 heterocycles. The lowest BCUT2D eigenvalue weighted by molar-refractivity contribution is -0.679. The summed E-state index contributed by atoms with van der Waals surface area (Å²) in [6.45, 7) is 10.8. The van der Waals surface area contributed by atoms with Gasteiger partial charge in [-0.2, -0.15) is 4.98 Å². The highest BCUT2D eigenvalue weighted by Gasteiger charge is 2.42. The van der Waals surface area contributed by atoms with Gasteiger partial charge in [0.15, 0.2) is 22.8 Å². The maximum Gasteiger partial charge on any atom is 0.442 e. The number of anilines is 1. The number of imidazole rings is 1. The second-order valence-corrected chi connectivity index (χ2v) is 11.6. The topological polar surface area (TPSA) is 93.0 Å². The number of hydrogen-bond acceptors (Lipinski definition) is 6. The number of nitrogens with zero attached hydrogens (tertiary/aromatic N) is 8. The largest absolute Gasteiger partial charge is 0.442 e. The van der Waals surface area contributed by atoms with E-state index in [1.54, 1.807) is 40.1 Å². The lowest BCUT2D eigenvalue weighted by Crippen LogP contribution is -2.55. The smallest absolute Gasteiger partial charge is 0.349 e. The molecule has 10 nitrogen and oxygen atoms in total. The Hall–Kier alpha value is -4.64. The van der Waals surface area contributed by atoms with Crippen LogP contribution in [0.2, 0.25) is 5.02 Å². The third kappa shape index (κ3) is 3.84. The first-order chi connectivity index (χ1) is 20.6. The molecule has 1 saturated heterocycles. The van der Waals surface area contributed by atoms with Crippen LogP contribution in [0.3, 0.4) is 0 Å². The van der Waals surface area contributed by atoms with Gasteiger partial charge >= 0.3 is 11.3 Å². The van der Waals surface area contributed by atoms with E-state index in [1.807, 2.05) is 41.9 Å². The Morgan fingerprint density at radius 3 is 2.70 bits per heavy atom. The van der Waals surface area contributed by atoms with E-state index in [9.17, 15) is 9.59 Å². The number of carbonyl (C=O) groups excluding carboxylic acids is 1. The summed E-state index contributed by atoms with van der Waals surface area (Å²) in [5.74, 6) is -0.110. The number of halogens is 2. The molecule has 1 unspecified atom stereocenters. The number of rotatable bonds is 3. The van der Waals surface area contributed by atoms with Gasteiger partial charge in [0.25, 0.3) is 0 Å². The van der Waals surface area contributed by atoms with E-state index in [1.165, 1.54) is 12.1 Å². The molecule has 1 amide bonds. The van der Waals surface area contributed by atoms with Gasteiger partial charge in [0.2, 0.25) is 5.91 Å². The summed E-state index contributed by atoms with van der Waals surface area (Å²) in [4.78, 5) is 44.5. The Kier molecular flexibility index (Phi) is 6.14. The van der Waals surface area contributed by atoms with Crippen molar-refractivity contribution in [2.75, 3.05) is 24.5 Å². The van der Waals surface area contributed by atoms with Crippen LogP contribution in [0.15, 0.2) is 54.1 Å². The van der Waals surface area contributed by atoms with E-state index in [0.717, 1.165) is 5.56 Å². The normalized spacial score (nSPS) is 17.9. The molecule has 12 heteroatoms. The summed E-state index contributed by atoms with van der Waals surface area (Å²) in [6.07, 6.45) is 3.00. The zero-order valence-electron chi connectivity index (χ0n) is 24.2. The highest BCUT2D eigenvalue weighted by molar-refractivity contribution is 6.33. The van der Waals surface area contributed by atoms with E-state index in [2.05, 4.69) is 16.5 Å². The summed E-state index contributed by atoms with van der Waals surface area (Å²) in [6, 6.07) is 7.64. The van der Waals surface area contributed by atoms with Crippen molar-refractivity contribution in [2.45, 2.75) is 32.9 Å². The monoisotopic (exact) mass is 599 g/mol. The highest BCUT2D eigenvalue weighted by atomic mass is 35.5. The number of fused-ring (bicyclic) bond motifs is 3. The number of piperazine rings is 1. The molecule has 0 aliphatic carbocycles. The quantitative estimate of drug-likeness (QED) is 0.231. The van der Waals surface area contributed by atoms with Crippen LogP contribution in [0.25, 0.3) is 39.1 Å². The van der Waals surface area contributed by atoms with Gasteiger partial charge < -0.3 is 14.4 Å². The second kappa shape index (κ2) is 9.70. The van der Waals surface area contributed by atoms with E-state index in [0.29, 0.717) is 75.3 Å². The predicted molar refractivity (Wildman–Crippen MR) is 162 cm³/mol.